The first-order chi connectivity index (χ1) is 21.1. The van der Waals surface area contributed by atoms with Crippen LogP contribution in [0.4, 0.5) is 5.82 Å². The molecule has 6 rings (SSSR count). The highest BCUT2D eigenvalue weighted by Crippen LogP contribution is 2.73. The van der Waals surface area contributed by atoms with Gasteiger partial charge in [0.1, 0.15) is 31.0 Å². The Labute approximate surface area is 260 Å². The molecule has 2 saturated carbocycles. The number of benzene rings is 2. The Bertz CT molecular complexity index is 1540. The van der Waals surface area contributed by atoms with Crippen LogP contribution in [0.5, 0.6) is 0 Å². The first kappa shape index (κ1) is 30.8. The number of rotatable bonds is 12. The zero-order valence-electron chi connectivity index (χ0n) is 26.4. The highest BCUT2D eigenvalue weighted by Gasteiger charge is 2.78. The molecule has 2 N–H and O–H groups in total. The third-order valence-corrected chi connectivity index (χ3v) is 14.7. The van der Waals surface area contributed by atoms with Gasteiger partial charge in [-0.1, -0.05) is 81.4 Å². The minimum Gasteiger partial charge on any atom is -0.407 e. The first-order valence-corrected chi connectivity index (χ1v) is 17.0. The van der Waals surface area contributed by atoms with Crippen LogP contribution in [0.25, 0.3) is 11.2 Å². The molecule has 2 fully saturated rings. The van der Waals surface area contributed by atoms with Crippen molar-refractivity contribution < 1.29 is 23.4 Å². The Morgan fingerprint density at radius 1 is 0.932 bits per heavy atom. The van der Waals surface area contributed by atoms with Gasteiger partial charge < -0.3 is 33.7 Å². The molecular formula is C33H43N5O5Si. The number of nitrogens with two attached hydrogens (primary N) is 1. The lowest BCUT2D eigenvalue weighted by molar-refractivity contribution is -0.220. The molecule has 0 radical (unpaired) electrons. The van der Waals surface area contributed by atoms with Gasteiger partial charge in [-0.15, -0.1) is 0 Å². The molecule has 11 heteroatoms. The summed E-state index contributed by atoms with van der Waals surface area (Å²) in [5.74, 6) is 0.494. The van der Waals surface area contributed by atoms with Crippen molar-refractivity contribution in [2.75, 3.05) is 40.1 Å². The molecule has 0 bridgehead atoms. The maximum atomic E-state index is 7.54. The van der Waals surface area contributed by atoms with E-state index >= 15 is 0 Å². The summed E-state index contributed by atoms with van der Waals surface area (Å²) in [6, 6.07) is 21.3. The van der Waals surface area contributed by atoms with Crippen LogP contribution in [0.1, 0.15) is 40.2 Å². The van der Waals surface area contributed by atoms with Gasteiger partial charge in [0.25, 0.3) is 8.32 Å². The van der Waals surface area contributed by atoms with Gasteiger partial charge in [0, 0.05) is 26.2 Å². The van der Waals surface area contributed by atoms with Crippen LogP contribution in [0.2, 0.25) is 5.04 Å². The van der Waals surface area contributed by atoms with Gasteiger partial charge in [0.05, 0.1) is 18.5 Å². The zero-order chi connectivity index (χ0) is 31.2. The second-order valence-electron chi connectivity index (χ2n) is 13.2. The zero-order valence-corrected chi connectivity index (χ0v) is 27.4. The lowest BCUT2D eigenvalue weighted by Crippen LogP contribution is -2.67. The SMILES string of the molecule is COCOC1[C@]2(CO[Si](c3ccccc3)(c3ccccc3)C(C)(C)C)C[C@@H]2[C@@H](n2cnc3c(N)ncnc32)[C@]1(C)OCOC. The summed E-state index contributed by atoms with van der Waals surface area (Å²) in [6.07, 6.45) is 3.79. The quantitative estimate of drug-likeness (QED) is 0.187. The Balaban J connectivity index is 1.47. The van der Waals surface area contributed by atoms with Crippen molar-refractivity contribution in [2.45, 2.75) is 56.9 Å². The number of aromatic nitrogens is 4. The third kappa shape index (κ3) is 4.77. The maximum absolute atomic E-state index is 7.54. The van der Waals surface area contributed by atoms with E-state index in [1.807, 2.05) is 0 Å². The van der Waals surface area contributed by atoms with Crippen molar-refractivity contribution in [1.82, 2.24) is 19.5 Å². The summed E-state index contributed by atoms with van der Waals surface area (Å²) in [5, 5.41) is 2.31. The summed E-state index contributed by atoms with van der Waals surface area (Å²) < 4.78 is 33.7. The second kappa shape index (κ2) is 11.6. The summed E-state index contributed by atoms with van der Waals surface area (Å²) in [7, 11) is 0.446. The van der Waals surface area contributed by atoms with Gasteiger partial charge in [-0.05, 0) is 34.7 Å². The summed E-state index contributed by atoms with van der Waals surface area (Å²) >= 11 is 0. The average molecular weight is 618 g/mol. The number of fused-ring (bicyclic) bond motifs is 2. The molecule has 2 aliphatic rings. The summed E-state index contributed by atoms with van der Waals surface area (Å²) in [5.41, 5.74) is 6.25. The van der Waals surface area contributed by atoms with E-state index in [4.69, 9.17) is 29.1 Å². The van der Waals surface area contributed by atoms with E-state index < -0.39 is 13.9 Å². The van der Waals surface area contributed by atoms with Crippen LogP contribution < -0.4 is 16.1 Å². The lowest BCUT2D eigenvalue weighted by atomic mass is 9.88. The van der Waals surface area contributed by atoms with Crippen LogP contribution in [0.3, 0.4) is 0 Å². The molecule has 0 amide bonds. The van der Waals surface area contributed by atoms with Gasteiger partial charge in [-0.3, -0.25) is 0 Å². The van der Waals surface area contributed by atoms with Crippen molar-refractivity contribution in [3.05, 3.63) is 73.3 Å². The highest BCUT2D eigenvalue weighted by molar-refractivity contribution is 6.99. The maximum Gasteiger partial charge on any atom is 0.261 e. The number of anilines is 1. The van der Waals surface area contributed by atoms with E-state index in [1.54, 1.807) is 20.5 Å². The molecule has 2 aliphatic carbocycles. The highest BCUT2D eigenvalue weighted by atomic mass is 28.4. The molecule has 1 unspecified atom stereocenters. The van der Waals surface area contributed by atoms with Crippen molar-refractivity contribution in [3.8, 4) is 0 Å². The molecule has 2 heterocycles. The molecule has 0 aliphatic heterocycles. The molecule has 234 valence electrons. The molecule has 0 spiro atoms. The van der Waals surface area contributed by atoms with Crippen LogP contribution in [-0.4, -0.2) is 74.0 Å². The monoisotopic (exact) mass is 617 g/mol. The topological polar surface area (TPSA) is 116 Å². The fraction of sp³-hybridized carbons (Fsp3) is 0.485. The molecular weight excluding hydrogens is 574 g/mol. The standard InChI is InChI=1S/C33H43N5O5Si/c1-31(2,3)44(23-13-9-7-10-14-23,24-15-11-8-12-16-24)43-18-33-17-25(33)27(32(4,42-22-40-6)30(33)41-21-39-5)38-20-37-26-28(34)35-19-36-29(26)38/h7-16,19-20,25,27,30H,17-18,21-22H2,1-6H3,(H2,34,35,36)/t25-,27-,30?,32+,33+/m1/s1. The van der Waals surface area contributed by atoms with Crippen LogP contribution >= 0.6 is 0 Å². The summed E-state index contributed by atoms with van der Waals surface area (Å²) in [6.45, 7) is 9.69. The van der Waals surface area contributed by atoms with Crippen LogP contribution in [-0.2, 0) is 23.4 Å². The molecule has 4 aromatic rings. The number of methoxy groups -OCH3 is 2. The van der Waals surface area contributed by atoms with Crippen LogP contribution in [0, 0.1) is 11.3 Å². The Morgan fingerprint density at radius 2 is 1.57 bits per heavy atom. The minimum atomic E-state index is -2.82. The van der Waals surface area contributed by atoms with Crippen molar-refractivity contribution in [2.24, 2.45) is 11.3 Å². The number of ether oxygens (including phenoxy) is 4. The number of nitrogen functional groups attached to an aromatic ring is 1. The number of imidazole rings is 1. The summed E-state index contributed by atoms with van der Waals surface area (Å²) in [4.78, 5) is 13.3. The molecule has 0 saturated heterocycles. The number of hydrogen-bond acceptors (Lipinski definition) is 9. The average Bonchev–Trinajstić information content (AvgIpc) is 3.48. The van der Waals surface area contributed by atoms with E-state index in [-0.39, 0.29) is 42.1 Å². The van der Waals surface area contributed by atoms with E-state index in [0.29, 0.717) is 23.6 Å². The van der Waals surface area contributed by atoms with Crippen molar-refractivity contribution >= 4 is 35.7 Å². The van der Waals surface area contributed by atoms with Gasteiger partial charge >= 0.3 is 0 Å². The normalized spacial score (nSPS) is 26.6. The molecule has 2 aromatic heterocycles. The smallest absolute Gasteiger partial charge is 0.261 e. The van der Waals surface area contributed by atoms with E-state index in [9.17, 15) is 0 Å². The van der Waals surface area contributed by atoms with E-state index in [0.717, 1.165) is 6.42 Å². The van der Waals surface area contributed by atoms with E-state index in [1.165, 1.54) is 16.7 Å². The number of hydrogen-bond donors (Lipinski definition) is 1. The van der Waals surface area contributed by atoms with Gasteiger partial charge in [0.2, 0.25) is 0 Å². The Kier molecular flexibility index (Phi) is 8.14. The van der Waals surface area contributed by atoms with E-state index in [2.05, 4.69) is 108 Å². The predicted molar refractivity (Wildman–Crippen MR) is 171 cm³/mol. The predicted octanol–water partition coefficient (Wildman–Crippen LogP) is 3.91. The Hall–Kier alpha value is -3.19. The fourth-order valence-corrected chi connectivity index (χ4v) is 12.4. The van der Waals surface area contributed by atoms with Gasteiger partial charge in [-0.2, -0.15) is 0 Å². The molecule has 44 heavy (non-hydrogen) atoms. The van der Waals surface area contributed by atoms with Gasteiger partial charge in [-0.25, -0.2) is 15.0 Å². The number of nitrogens with zero attached hydrogens (tertiary/aromatic N) is 4. The Morgan fingerprint density at radius 3 is 2.16 bits per heavy atom. The van der Waals surface area contributed by atoms with Gasteiger partial charge in [0.15, 0.2) is 11.5 Å². The fourth-order valence-electron chi connectivity index (χ4n) is 7.81. The third-order valence-electron chi connectivity index (χ3n) is 9.69. The van der Waals surface area contributed by atoms with Crippen LogP contribution in [0.15, 0.2) is 73.3 Å². The minimum absolute atomic E-state index is 0.0992. The lowest BCUT2D eigenvalue weighted by Gasteiger charge is -2.45. The van der Waals surface area contributed by atoms with Crippen molar-refractivity contribution in [3.63, 3.8) is 0 Å². The molecule has 10 nitrogen and oxygen atoms in total. The largest absolute Gasteiger partial charge is 0.407 e. The first-order valence-electron chi connectivity index (χ1n) is 15.1. The molecule has 5 atom stereocenters. The molecule has 2 aromatic carbocycles. The van der Waals surface area contributed by atoms with Crippen molar-refractivity contribution in [1.29, 1.82) is 0 Å². The second-order valence-corrected chi connectivity index (χ2v) is 17.5.